The smallest absolute Gasteiger partial charge is 0.253 e. The second kappa shape index (κ2) is 10.9. The quantitative estimate of drug-likeness (QED) is 0.372. The Bertz CT molecular complexity index is 787. The minimum absolute atomic E-state index is 0. The number of anilines is 1. The highest BCUT2D eigenvalue weighted by Crippen LogP contribution is 2.18. The fourth-order valence-corrected chi connectivity index (χ4v) is 2.59. The highest BCUT2D eigenvalue weighted by atomic mass is 127. The highest BCUT2D eigenvalue weighted by molar-refractivity contribution is 14.0. The number of nitrogens with two attached hydrogens (primary N) is 1. The number of rotatable bonds is 6. The summed E-state index contributed by atoms with van der Waals surface area (Å²) in [4.78, 5) is 18.0. The Hall–Kier alpha value is -2.09. The van der Waals surface area contributed by atoms with E-state index in [4.69, 9.17) is 5.73 Å². The lowest BCUT2D eigenvalue weighted by Crippen LogP contribution is -2.23. The maximum absolute atomic E-state index is 12.0. The molecule has 0 radical (unpaired) electrons. The van der Waals surface area contributed by atoms with Crippen LogP contribution < -0.4 is 11.1 Å². The predicted octanol–water partition coefficient (Wildman–Crippen LogP) is 4.10. The molecule has 0 atom stereocenters. The van der Waals surface area contributed by atoms with Gasteiger partial charge in [-0.2, -0.15) is 0 Å². The standard InChI is InChI=1S/C21H28N4O.HI/c1-15(2)17-8-6-10-19(14-17)24-21(22)23-12-11-16-7-5-9-18(13-16)20(26)25(3)4;/h5-10,13-15H,11-12H2,1-4H3,(H3,22,23,24);1H. The van der Waals surface area contributed by atoms with Crippen molar-refractivity contribution in [1.29, 1.82) is 0 Å². The van der Waals surface area contributed by atoms with Crippen LogP contribution in [-0.2, 0) is 6.42 Å². The van der Waals surface area contributed by atoms with Crippen molar-refractivity contribution in [2.24, 2.45) is 10.7 Å². The van der Waals surface area contributed by atoms with Crippen LogP contribution in [0.25, 0.3) is 0 Å². The van der Waals surface area contributed by atoms with Crippen LogP contribution in [0.5, 0.6) is 0 Å². The summed E-state index contributed by atoms with van der Waals surface area (Å²) in [5.41, 5.74) is 9.94. The maximum Gasteiger partial charge on any atom is 0.253 e. The van der Waals surface area contributed by atoms with E-state index in [0.717, 1.165) is 17.7 Å². The van der Waals surface area contributed by atoms with Gasteiger partial charge in [0.1, 0.15) is 0 Å². The van der Waals surface area contributed by atoms with Crippen molar-refractivity contribution in [3.05, 3.63) is 65.2 Å². The largest absolute Gasteiger partial charge is 0.370 e. The molecule has 0 aliphatic carbocycles. The Kier molecular flexibility index (Phi) is 9.28. The van der Waals surface area contributed by atoms with Gasteiger partial charge in [-0.15, -0.1) is 24.0 Å². The van der Waals surface area contributed by atoms with Crippen molar-refractivity contribution in [2.75, 3.05) is 26.0 Å². The molecule has 3 N–H and O–H groups in total. The number of nitrogens with zero attached hydrogens (tertiary/aromatic N) is 2. The van der Waals surface area contributed by atoms with Crippen LogP contribution >= 0.6 is 24.0 Å². The van der Waals surface area contributed by atoms with E-state index in [1.807, 2.05) is 36.4 Å². The van der Waals surface area contributed by atoms with Gasteiger partial charge in [0.2, 0.25) is 0 Å². The van der Waals surface area contributed by atoms with Gasteiger partial charge in [0.05, 0.1) is 0 Å². The van der Waals surface area contributed by atoms with Gasteiger partial charge in [-0.3, -0.25) is 9.79 Å². The van der Waals surface area contributed by atoms with Crippen molar-refractivity contribution in [2.45, 2.75) is 26.2 Å². The first-order valence-corrected chi connectivity index (χ1v) is 8.84. The van der Waals surface area contributed by atoms with E-state index in [1.54, 1.807) is 19.0 Å². The Morgan fingerprint density at radius 1 is 1.15 bits per heavy atom. The number of carbonyl (C=O) groups is 1. The molecule has 0 saturated carbocycles. The molecule has 0 fully saturated rings. The van der Waals surface area contributed by atoms with E-state index in [9.17, 15) is 4.79 Å². The number of benzene rings is 2. The molecule has 0 aliphatic heterocycles. The van der Waals surface area contributed by atoms with Crippen molar-refractivity contribution in [3.8, 4) is 0 Å². The Labute approximate surface area is 179 Å². The number of aliphatic imine (C=N–C) groups is 1. The molecule has 1 amide bonds. The van der Waals surface area contributed by atoms with Crippen LogP contribution in [0.15, 0.2) is 53.5 Å². The normalized spacial score (nSPS) is 11.1. The molecule has 2 aromatic rings. The summed E-state index contributed by atoms with van der Waals surface area (Å²) in [6, 6.07) is 15.8. The monoisotopic (exact) mass is 480 g/mol. The third kappa shape index (κ3) is 7.21. The summed E-state index contributed by atoms with van der Waals surface area (Å²) >= 11 is 0. The molecule has 0 saturated heterocycles. The number of hydrogen-bond acceptors (Lipinski definition) is 2. The predicted molar refractivity (Wildman–Crippen MR) is 124 cm³/mol. The summed E-state index contributed by atoms with van der Waals surface area (Å²) < 4.78 is 0. The minimum Gasteiger partial charge on any atom is -0.370 e. The number of halogens is 1. The number of nitrogens with one attached hydrogen (secondary N) is 1. The van der Waals surface area contributed by atoms with Crippen molar-refractivity contribution >= 4 is 41.5 Å². The third-order valence-corrected chi connectivity index (χ3v) is 4.09. The van der Waals surface area contributed by atoms with Gasteiger partial charge in [-0.1, -0.05) is 38.1 Å². The number of hydrogen-bond donors (Lipinski definition) is 2. The van der Waals surface area contributed by atoms with Crippen LogP contribution in [0, 0.1) is 0 Å². The molecule has 0 aromatic heterocycles. The molecule has 0 spiro atoms. The van der Waals surface area contributed by atoms with Gasteiger partial charge in [0, 0.05) is 31.9 Å². The molecule has 27 heavy (non-hydrogen) atoms. The molecule has 5 nitrogen and oxygen atoms in total. The molecule has 2 aromatic carbocycles. The van der Waals surface area contributed by atoms with Crippen LogP contribution in [0.4, 0.5) is 5.69 Å². The Morgan fingerprint density at radius 2 is 1.85 bits per heavy atom. The minimum atomic E-state index is 0. The average Bonchev–Trinajstić information content (AvgIpc) is 2.61. The fourth-order valence-electron chi connectivity index (χ4n) is 2.59. The second-order valence-corrected chi connectivity index (χ2v) is 6.82. The van der Waals surface area contributed by atoms with Gasteiger partial charge >= 0.3 is 0 Å². The lowest BCUT2D eigenvalue weighted by molar-refractivity contribution is 0.0827. The topological polar surface area (TPSA) is 70.7 Å². The van der Waals surface area contributed by atoms with Crippen LogP contribution in [0.2, 0.25) is 0 Å². The molecule has 2 rings (SSSR count). The lowest BCUT2D eigenvalue weighted by atomic mass is 10.0. The number of carbonyl (C=O) groups excluding carboxylic acids is 1. The summed E-state index contributed by atoms with van der Waals surface area (Å²) in [6.07, 6.45) is 0.725. The zero-order valence-corrected chi connectivity index (χ0v) is 18.7. The van der Waals surface area contributed by atoms with Crippen molar-refractivity contribution in [3.63, 3.8) is 0 Å². The maximum atomic E-state index is 12.0. The summed E-state index contributed by atoms with van der Waals surface area (Å²) in [7, 11) is 3.50. The van der Waals surface area contributed by atoms with Gasteiger partial charge in [-0.25, -0.2) is 0 Å². The van der Waals surface area contributed by atoms with E-state index in [-0.39, 0.29) is 29.9 Å². The van der Waals surface area contributed by atoms with Crippen molar-refractivity contribution in [1.82, 2.24) is 4.90 Å². The first kappa shape index (κ1) is 23.0. The molecule has 0 aliphatic rings. The Morgan fingerprint density at radius 3 is 2.52 bits per heavy atom. The van der Waals surface area contributed by atoms with E-state index in [0.29, 0.717) is 24.0 Å². The molecular weight excluding hydrogens is 451 g/mol. The van der Waals surface area contributed by atoms with Crippen molar-refractivity contribution < 1.29 is 4.79 Å². The first-order valence-electron chi connectivity index (χ1n) is 8.84. The summed E-state index contributed by atoms with van der Waals surface area (Å²) in [5, 5.41) is 3.13. The fraction of sp³-hybridized carbons (Fsp3) is 0.333. The van der Waals surface area contributed by atoms with Gasteiger partial charge < -0.3 is 16.0 Å². The zero-order chi connectivity index (χ0) is 19.1. The summed E-state index contributed by atoms with van der Waals surface area (Å²) in [6.45, 7) is 4.87. The van der Waals surface area contributed by atoms with E-state index in [2.05, 4.69) is 36.3 Å². The second-order valence-electron chi connectivity index (χ2n) is 6.82. The SMILES string of the molecule is CC(C)c1cccc(NC(N)=NCCc2cccc(C(=O)N(C)C)c2)c1.I. The zero-order valence-electron chi connectivity index (χ0n) is 16.4. The van der Waals surface area contributed by atoms with Gasteiger partial charge in [0.15, 0.2) is 5.96 Å². The van der Waals surface area contributed by atoms with Gasteiger partial charge in [0.25, 0.3) is 5.91 Å². The molecular formula is C21H29IN4O. The average molecular weight is 480 g/mol. The molecule has 0 unspecified atom stereocenters. The Balaban J connectivity index is 0.00000364. The molecule has 0 heterocycles. The van der Waals surface area contributed by atoms with Gasteiger partial charge in [-0.05, 0) is 47.7 Å². The molecule has 6 heteroatoms. The van der Waals surface area contributed by atoms with Crippen LogP contribution in [0.1, 0.15) is 41.3 Å². The molecule has 146 valence electrons. The number of amides is 1. The lowest BCUT2D eigenvalue weighted by Gasteiger charge is -2.11. The van der Waals surface area contributed by atoms with E-state index >= 15 is 0 Å². The van der Waals surface area contributed by atoms with Crippen LogP contribution in [-0.4, -0.2) is 37.4 Å². The first-order chi connectivity index (χ1) is 12.4. The third-order valence-electron chi connectivity index (χ3n) is 4.09. The van der Waals surface area contributed by atoms with E-state index < -0.39 is 0 Å². The number of guanidine groups is 1. The van der Waals surface area contributed by atoms with Crippen LogP contribution in [0.3, 0.4) is 0 Å². The molecule has 0 bridgehead atoms. The summed E-state index contributed by atoms with van der Waals surface area (Å²) in [5.74, 6) is 0.861. The highest BCUT2D eigenvalue weighted by Gasteiger charge is 2.08. The van der Waals surface area contributed by atoms with E-state index in [1.165, 1.54) is 5.56 Å².